The van der Waals surface area contributed by atoms with Crippen LogP contribution in [-0.2, 0) is 22.6 Å². The fourth-order valence-electron chi connectivity index (χ4n) is 6.63. The third kappa shape index (κ3) is 3.39. The number of rotatable bonds is 4. The summed E-state index contributed by atoms with van der Waals surface area (Å²) in [5, 5.41) is 44.5. The molecule has 0 aromatic heterocycles. The number of Topliss-reactive ketones (excluding diaryl/α,β-unsaturated/α-hetero) is 2. The number of hydrogen-bond donors (Lipinski definition) is 5. The third-order valence-electron chi connectivity index (χ3n) is 8.19. The number of carbonyl (C=O) groups is 3. The van der Waals surface area contributed by atoms with Crippen molar-refractivity contribution in [3.05, 3.63) is 51.5 Å². The third-order valence-corrected chi connectivity index (χ3v) is 8.19. The number of nitrogens with zero attached hydrogens (tertiary/aromatic N) is 2. The van der Waals surface area contributed by atoms with Crippen molar-refractivity contribution in [2.45, 2.75) is 43.9 Å². The molecular weight excluding hydrogens is 466 g/mol. The number of nitrogens with two attached hydrogens (primary N) is 1. The van der Waals surface area contributed by atoms with Crippen molar-refractivity contribution < 1.29 is 34.8 Å². The highest BCUT2D eigenvalue weighted by Crippen LogP contribution is 2.52. The maximum absolute atomic E-state index is 13.6. The molecule has 0 saturated carbocycles. The summed E-state index contributed by atoms with van der Waals surface area (Å²) >= 11 is 0. The van der Waals surface area contributed by atoms with Crippen LogP contribution >= 0.6 is 0 Å². The van der Waals surface area contributed by atoms with E-state index >= 15 is 0 Å². The summed E-state index contributed by atoms with van der Waals surface area (Å²) in [7, 11) is 3.21. The second-order valence-corrected chi connectivity index (χ2v) is 10.6. The Labute approximate surface area is 208 Å². The van der Waals surface area contributed by atoms with Crippen LogP contribution in [0.1, 0.15) is 40.7 Å². The predicted octanol–water partition coefficient (Wildman–Crippen LogP) is 0.716. The minimum absolute atomic E-state index is 0.0425. The molecule has 1 amide bonds. The van der Waals surface area contributed by atoms with Gasteiger partial charge in [-0.3, -0.25) is 24.2 Å². The van der Waals surface area contributed by atoms with Crippen LogP contribution in [0.25, 0.3) is 0 Å². The molecule has 1 aliphatic heterocycles. The lowest BCUT2D eigenvalue weighted by Gasteiger charge is -2.50. The number of aliphatic hydroxyl groups is 3. The first-order valence-corrected chi connectivity index (χ1v) is 12.2. The van der Waals surface area contributed by atoms with Crippen LogP contribution < -0.4 is 5.73 Å². The van der Waals surface area contributed by atoms with Crippen molar-refractivity contribution in [3.8, 4) is 5.75 Å². The first-order chi connectivity index (χ1) is 17.0. The number of ketones is 2. The van der Waals surface area contributed by atoms with Crippen molar-refractivity contribution in [1.82, 2.24) is 9.80 Å². The number of benzene rings is 1. The van der Waals surface area contributed by atoms with Crippen LogP contribution in [0.4, 0.5) is 0 Å². The van der Waals surface area contributed by atoms with Gasteiger partial charge in [-0.2, -0.15) is 0 Å². The van der Waals surface area contributed by atoms with Crippen molar-refractivity contribution in [2.24, 2.45) is 17.6 Å². The second kappa shape index (κ2) is 8.43. The summed E-state index contributed by atoms with van der Waals surface area (Å²) in [4.78, 5) is 42.7. The van der Waals surface area contributed by atoms with Crippen LogP contribution in [0.3, 0.4) is 0 Å². The van der Waals surface area contributed by atoms with E-state index in [0.29, 0.717) is 18.5 Å². The number of hydrogen-bond acceptors (Lipinski definition) is 9. The summed E-state index contributed by atoms with van der Waals surface area (Å²) < 4.78 is 0. The first-order valence-electron chi connectivity index (χ1n) is 12.2. The van der Waals surface area contributed by atoms with E-state index in [4.69, 9.17) is 5.73 Å². The Kier molecular flexibility index (Phi) is 5.73. The van der Waals surface area contributed by atoms with Crippen LogP contribution in [0.5, 0.6) is 5.75 Å². The van der Waals surface area contributed by atoms with E-state index in [9.17, 15) is 34.8 Å². The number of likely N-dealkylation sites (N-methyl/N-ethyl adjacent to an activating group) is 1. The minimum Gasteiger partial charge on any atom is -0.510 e. The number of primary amides is 1. The summed E-state index contributed by atoms with van der Waals surface area (Å²) in [5.41, 5.74) is 3.35. The van der Waals surface area contributed by atoms with E-state index in [1.165, 1.54) is 4.90 Å². The van der Waals surface area contributed by atoms with Gasteiger partial charge in [0.1, 0.15) is 22.8 Å². The average molecular weight is 498 g/mol. The summed E-state index contributed by atoms with van der Waals surface area (Å²) in [5.74, 6) is -6.34. The number of carbonyl (C=O) groups excluding carboxylic acids is 3. The predicted molar refractivity (Wildman–Crippen MR) is 128 cm³/mol. The van der Waals surface area contributed by atoms with Crippen LogP contribution in [-0.4, -0.2) is 86.5 Å². The van der Waals surface area contributed by atoms with E-state index < -0.39 is 58.0 Å². The molecule has 4 atom stereocenters. The van der Waals surface area contributed by atoms with Crippen LogP contribution in [0.15, 0.2) is 34.8 Å². The van der Waals surface area contributed by atoms with Gasteiger partial charge in [0.25, 0.3) is 5.91 Å². The molecule has 1 aromatic carbocycles. The standard InChI is InChI=1S/C26H31N3O7/c1-28(2)20-15-10-14-9-13-7-12(11-29-5-3-4-6-29)8-16(30)17(13)21(31)18(14)23(33)26(15,36)24(34)19(22(20)32)25(27)35/h7-8,14-15,20,30,32-33,36H,3-6,9-11H2,1-2H3,(H2,27,35)/t14-,15-,20-,26-/m0/s1. The lowest BCUT2D eigenvalue weighted by atomic mass is 9.58. The van der Waals surface area contributed by atoms with Crippen LogP contribution in [0, 0.1) is 11.8 Å². The van der Waals surface area contributed by atoms with Gasteiger partial charge in [0.05, 0.1) is 11.6 Å². The molecule has 1 aromatic rings. The summed E-state index contributed by atoms with van der Waals surface area (Å²) in [6.07, 6.45) is 2.64. The zero-order chi connectivity index (χ0) is 26.1. The Morgan fingerprint density at radius 2 is 1.83 bits per heavy atom. The fourth-order valence-corrected chi connectivity index (χ4v) is 6.63. The molecule has 3 aliphatic carbocycles. The van der Waals surface area contributed by atoms with Gasteiger partial charge in [-0.1, -0.05) is 6.07 Å². The molecule has 10 heteroatoms. The molecule has 0 spiro atoms. The molecule has 5 rings (SSSR count). The van der Waals surface area contributed by atoms with Gasteiger partial charge in [0.15, 0.2) is 11.4 Å². The highest BCUT2D eigenvalue weighted by molar-refractivity contribution is 6.24. The Morgan fingerprint density at radius 1 is 1.17 bits per heavy atom. The van der Waals surface area contributed by atoms with Gasteiger partial charge < -0.3 is 26.2 Å². The van der Waals surface area contributed by atoms with E-state index in [-0.39, 0.29) is 23.3 Å². The number of amides is 1. The summed E-state index contributed by atoms with van der Waals surface area (Å²) in [6.45, 7) is 2.61. The Morgan fingerprint density at radius 3 is 2.44 bits per heavy atom. The molecule has 192 valence electrons. The molecule has 0 unspecified atom stereocenters. The van der Waals surface area contributed by atoms with Gasteiger partial charge >= 0.3 is 0 Å². The van der Waals surface area contributed by atoms with Gasteiger partial charge in [0.2, 0.25) is 5.78 Å². The van der Waals surface area contributed by atoms with Crippen molar-refractivity contribution in [3.63, 3.8) is 0 Å². The van der Waals surface area contributed by atoms with Gasteiger partial charge in [-0.25, -0.2) is 0 Å². The lowest BCUT2D eigenvalue weighted by molar-refractivity contribution is -0.148. The van der Waals surface area contributed by atoms with E-state index in [1.54, 1.807) is 20.2 Å². The Balaban J connectivity index is 1.61. The van der Waals surface area contributed by atoms with Gasteiger partial charge in [-0.15, -0.1) is 0 Å². The average Bonchev–Trinajstić information content (AvgIpc) is 3.28. The second-order valence-electron chi connectivity index (χ2n) is 10.6. The Bertz CT molecular complexity index is 1240. The molecule has 1 heterocycles. The molecule has 10 nitrogen and oxygen atoms in total. The number of phenolic OH excluding ortho intramolecular Hbond substituents is 1. The number of phenols is 1. The van der Waals surface area contributed by atoms with Crippen molar-refractivity contribution >= 4 is 17.5 Å². The number of allylic oxidation sites excluding steroid dienone is 1. The maximum Gasteiger partial charge on any atom is 0.255 e. The molecule has 36 heavy (non-hydrogen) atoms. The Hall–Kier alpha value is -3.21. The molecule has 4 aliphatic rings. The molecular formula is C26H31N3O7. The number of aromatic hydroxyl groups is 1. The van der Waals surface area contributed by atoms with E-state index in [0.717, 1.165) is 31.5 Å². The van der Waals surface area contributed by atoms with E-state index in [2.05, 4.69) is 4.90 Å². The maximum atomic E-state index is 13.6. The normalized spacial score (nSPS) is 30.5. The van der Waals surface area contributed by atoms with Gasteiger partial charge in [-0.05, 0) is 76.0 Å². The highest BCUT2D eigenvalue weighted by atomic mass is 16.3. The van der Waals surface area contributed by atoms with Crippen LogP contribution in [0.2, 0.25) is 0 Å². The first kappa shape index (κ1) is 24.5. The monoisotopic (exact) mass is 497 g/mol. The smallest absolute Gasteiger partial charge is 0.255 e. The van der Waals surface area contributed by atoms with Crippen molar-refractivity contribution in [1.29, 1.82) is 0 Å². The highest BCUT2D eigenvalue weighted by Gasteiger charge is 2.63. The fraction of sp³-hybridized carbons (Fsp3) is 0.500. The molecule has 1 saturated heterocycles. The summed E-state index contributed by atoms with van der Waals surface area (Å²) in [6, 6.07) is 2.45. The lowest BCUT2D eigenvalue weighted by Crippen LogP contribution is -2.63. The van der Waals surface area contributed by atoms with Crippen molar-refractivity contribution in [2.75, 3.05) is 27.2 Å². The number of fused-ring (bicyclic) bond motifs is 3. The zero-order valence-corrected chi connectivity index (χ0v) is 20.3. The quantitative estimate of drug-likeness (QED) is 0.377. The number of likely N-dealkylation sites (tertiary alicyclic amines) is 1. The molecule has 6 N–H and O–H groups in total. The number of aliphatic hydroxyl groups excluding tert-OH is 2. The SMILES string of the molecule is CN(C)[C@@H]1C(O)=C(C(N)=O)C(=O)[C@@]2(O)C(O)=C3C(=O)c4c(O)cc(CN5CCCC5)cc4C[C@H]3C[C@@H]12. The zero-order valence-electron chi connectivity index (χ0n) is 20.3. The minimum atomic E-state index is -2.62. The molecule has 1 fully saturated rings. The van der Waals surface area contributed by atoms with Gasteiger partial charge in [0, 0.05) is 18.0 Å². The van der Waals surface area contributed by atoms with E-state index in [1.807, 2.05) is 6.07 Å². The molecule has 0 bridgehead atoms. The topological polar surface area (TPSA) is 165 Å². The largest absolute Gasteiger partial charge is 0.510 e. The molecule has 0 radical (unpaired) electrons.